The zero-order chi connectivity index (χ0) is 35.1. The van der Waals surface area contributed by atoms with Gasteiger partial charge in [0.15, 0.2) is 17.2 Å². The molecule has 1 unspecified atom stereocenters. The van der Waals surface area contributed by atoms with Gasteiger partial charge in [-0.15, -0.1) is 5.10 Å². The molecule has 0 aliphatic carbocycles. The molecular formula is C36H41ClN8O4. The van der Waals surface area contributed by atoms with Gasteiger partial charge in [-0.2, -0.15) is 9.41 Å². The van der Waals surface area contributed by atoms with Crippen LogP contribution in [-0.4, -0.2) is 66.0 Å². The minimum Gasteiger partial charge on any atom is -0.618 e. The van der Waals surface area contributed by atoms with Gasteiger partial charge in [0.1, 0.15) is 11.5 Å². The number of aryl methyl sites for hydroxylation is 1. The summed E-state index contributed by atoms with van der Waals surface area (Å²) in [6.45, 7) is 11.3. The number of rotatable bonds is 15. The second-order valence-corrected chi connectivity index (χ2v) is 11.9. The minimum absolute atomic E-state index is 0.0149. The molecule has 5 aromatic rings. The predicted molar refractivity (Wildman–Crippen MR) is 186 cm³/mol. The Morgan fingerprint density at radius 2 is 1.65 bits per heavy atom. The number of ether oxygens (including phenoxy) is 1. The molecule has 0 bridgehead atoms. The smallest absolute Gasteiger partial charge is 0.319 e. The Kier molecular flexibility index (Phi) is 11.5. The van der Waals surface area contributed by atoms with Crippen molar-refractivity contribution >= 4 is 23.3 Å². The van der Waals surface area contributed by atoms with Gasteiger partial charge >= 0.3 is 5.91 Å². The average Bonchev–Trinajstić information content (AvgIpc) is 3.72. The number of hydrogen-bond donors (Lipinski definition) is 0. The zero-order valence-electron chi connectivity index (χ0n) is 28.5. The molecule has 0 saturated heterocycles. The van der Waals surface area contributed by atoms with Gasteiger partial charge in [0.05, 0.1) is 0 Å². The molecular weight excluding hydrogens is 644 g/mol. The molecule has 5 rings (SSSR count). The summed E-state index contributed by atoms with van der Waals surface area (Å²) in [7, 11) is 0. The fourth-order valence-corrected chi connectivity index (χ4v) is 6.11. The number of nitrogens with zero attached hydrogens (tertiary/aromatic N) is 8. The largest absolute Gasteiger partial charge is 0.618 e. The first-order valence-electron chi connectivity index (χ1n) is 16.6. The summed E-state index contributed by atoms with van der Waals surface area (Å²) in [4.78, 5) is 33.2. The molecule has 2 aromatic carbocycles. The molecule has 12 nitrogen and oxygen atoms in total. The van der Waals surface area contributed by atoms with E-state index in [1.54, 1.807) is 9.25 Å². The molecule has 3 aromatic heterocycles. The molecule has 3 heterocycles. The van der Waals surface area contributed by atoms with Gasteiger partial charge in [-0.3, -0.25) is 9.59 Å². The van der Waals surface area contributed by atoms with Gasteiger partial charge in [0.25, 0.3) is 17.2 Å². The van der Waals surface area contributed by atoms with E-state index >= 15 is 0 Å². The summed E-state index contributed by atoms with van der Waals surface area (Å²) < 4.78 is 9.59. The topological polar surface area (TPSA) is 135 Å². The maximum absolute atomic E-state index is 14.1. The molecule has 0 saturated carbocycles. The van der Waals surface area contributed by atoms with Crippen molar-refractivity contribution in [3.05, 3.63) is 106 Å². The first-order chi connectivity index (χ1) is 23.7. The van der Waals surface area contributed by atoms with Crippen molar-refractivity contribution in [2.45, 2.75) is 66.7 Å². The third-order valence-corrected chi connectivity index (χ3v) is 8.70. The highest BCUT2D eigenvalue weighted by atomic mass is 35.5. The van der Waals surface area contributed by atoms with E-state index < -0.39 is 11.7 Å². The number of pyridine rings is 1. The Labute approximate surface area is 290 Å². The van der Waals surface area contributed by atoms with E-state index in [0.29, 0.717) is 49.0 Å². The van der Waals surface area contributed by atoms with Crippen LogP contribution in [-0.2, 0) is 17.7 Å². The van der Waals surface area contributed by atoms with Crippen molar-refractivity contribution in [1.82, 2.24) is 34.7 Å². The van der Waals surface area contributed by atoms with Crippen LogP contribution in [0.3, 0.4) is 0 Å². The predicted octanol–water partition coefficient (Wildman–Crippen LogP) is 6.15. The fourth-order valence-electron chi connectivity index (χ4n) is 5.82. The maximum atomic E-state index is 14.1. The van der Waals surface area contributed by atoms with E-state index in [9.17, 15) is 14.8 Å². The Morgan fingerprint density at radius 3 is 2.33 bits per heavy atom. The number of carbonyl (C=O) groups is 2. The number of benzene rings is 2. The lowest BCUT2D eigenvalue weighted by Crippen LogP contribution is -2.45. The van der Waals surface area contributed by atoms with Gasteiger partial charge < -0.3 is 19.4 Å². The van der Waals surface area contributed by atoms with Crippen LogP contribution in [0.5, 0.6) is 0 Å². The molecule has 49 heavy (non-hydrogen) atoms. The first kappa shape index (κ1) is 35.4. The monoisotopic (exact) mass is 684 g/mol. The van der Waals surface area contributed by atoms with Crippen LogP contribution in [0.15, 0.2) is 66.7 Å². The summed E-state index contributed by atoms with van der Waals surface area (Å²) >= 11 is 6.65. The van der Waals surface area contributed by atoms with Gasteiger partial charge in [0, 0.05) is 50.4 Å². The number of hydrogen-bond acceptors (Lipinski definition) is 8. The van der Waals surface area contributed by atoms with Crippen LogP contribution >= 0.6 is 11.6 Å². The van der Waals surface area contributed by atoms with Gasteiger partial charge in [-0.25, -0.2) is 4.98 Å². The lowest BCUT2D eigenvalue weighted by molar-refractivity contribution is -0.610. The quantitative estimate of drug-likeness (QED) is 0.0728. The summed E-state index contributed by atoms with van der Waals surface area (Å²) in [5.74, 6) is 0.192. The van der Waals surface area contributed by atoms with E-state index in [2.05, 4.69) is 27.4 Å². The fraction of sp³-hybridized carbons (Fsp3) is 0.361. The van der Waals surface area contributed by atoms with Crippen molar-refractivity contribution in [2.75, 3.05) is 19.7 Å². The molecule has 1 amide bonds. The molecule has 0 aliphatic heterocycles. The number of ketones is 1. The number of carbonyl (C=O) groups excluding carboxylic acids is 2. The van der Waals surface area contributed by atoms with Gasteiger partial charge in [-0.05, 0) is 67.3 Å². The van der Waals surface area contributed by atoms with Crippen molar-refractivity contribution in [3.63, 3.8) is 0 Å². The average molecular weight is 685 g/mol. The summed E-state index contributed by atoms with van der Waals surface area (Å²) in [6, 6.07) is 20.3. The van der Waals surface area contributed by atoms with Crippen LogP contribution in [0.2, 0.25) is 5.15 Å². The number of imidazole rings is 1. The third-order valence-electron chi connectivity index (χ3n) is 8.44. The highest BCUT2D eigenvalue weighted by molar-refractivity contribution is 6.33. The summed E-state index contributed by atoms with van der Waals surface area (Å²) in [5, 5.41) is 25.8. The first-order valence-corrected chi connectivity index (χ1v) is 17.0. The Morgan fingerprint density at radius 1 is 0.959 bits per heavy atom. The second-order valence-electron chi connectivity index (χ2n) is 11.5. The third kappa shape index (κ3) is 7.40. The second kappa shape index (κ2) is 16.0. The van der Waals surface area contributed by atoms with Crippen LogP contribution < -0.4 is 4.73 Å². The zero-order valence-corrected chi connectivity index (χ0v) is 29.2. The minimum atomic E-state index is -0.603. The lowest BCUT2D eigenvalue weighted by atomic mass is 9.98. The van der Waals surface area contributed by atoms with Crippen LogP contribution in [0.4, 0.5) is 0 Å². The van der Waals surface area contributed by atoms with Crippen LogP contribution in [0.25, 0.3) is 22.5 Å². The van der Waals surface area contributed by atoms with E-state index in [-0.39, 0.29) is 28.5 Å². The molecule has 13 heteroatoms. The van der Waals surface area contributed by atoms with E-state index in [1.165, 1.54) is 23.1 Å². The van der Waals surface area contributed by atoms with E-state index in [4.69, 9.17) is 16.3 Å². The van der Waals surface area contributed by atoms with Crippen molar-refractivity contribution in [1.29, 1.82) is 0 Å². The van der Waals surface area contributed by atoms with Crippen molar-refractivity contribution in [3.8, 4) is 22.5 Å². The number of halogens is 1. The van der Waals surface area contributed by atoms with Crippen LogP contribution in [0, 0.1) is 5.21 Å². The highest BCUT2D eigenvalue weighted by Crippen LogP contribution is 2.32. The molecule has 0 N–H and O–H groups in total. The highest BCUT2D eigenvalue weighted by Gasteiger charge is 2.31. The molecule has 0 radical (unpaired) electrons. The molecule has 0 fully saturated rings. The number of tetrazole rings is 1. The van der Waals surface area contributed by atoms with Gasteiger partial charge in [0.2, 0.25) is 0 Å². The summed E-state index contributed by atoms with van der Waals surface area (Å²) in [6.07, 6.45) is 2.02. The standard InChI is InChI=1S/C36H41ClN8O4/c1-6-10-18-31-38-34(37)32(33(46)29-16-13-17-30(45(29)48)36(47)42(7-2)8-3)43(31)23-25-19-21-26(22-20-25)27-14-11-12-15-28(27)35-39-40-41-44(35)24(5)49-9-4/h11-17,19-22,24H,6-10,18,23H2,1-5H3. The molecule has 256 valence electrons. The van der Waals surface area contributed by atoms with Gasteiger partial charge in [-0.1, -0.05) is 73.5 Å². The molecule has 0 spiro atoms. The van der Waals surface area contributed by atoms with E-state index in [1.807, 2.05) is 76.2 Å². The normalized spacial score (nSPS) is 11.9. The van der Waals surface area contributed by atoms with E-state index in [0.717, 1.165) is 35.1 Å². The number of unbranched alkanes of at least 4 members (excludes halogenated alkanes) is 1. The van der Waals surface area contributed by atoms with Crippen LogP contribution in [0.1, 0.15) is 91.7 Å². The Hall–Kier alpha value is -4.94. The molecule has 0 aliphatic rings. The maximum Gasteiger partial charge on any atom is 0.319 e. The SMILES string of the molecule is CCCCc1nc(Cl)c(C(=O)c2cccc(C(=O)N(CC)CC)[n+]2[O-])n1Cc1ccc(-c2ccccc2-c2nnnn2C(C)OCC)cc1. The van der Waals surface area contributed by atoms with Crippen molar-refractivity contribution < 1.29 is 19.1 Å². The number of aromatic nitrogens is 7. The van der Waals surface area contributed by atoms with Crippen molar-refractivity contribution in [2.24, 2.45) is 0 Å². The molecule has 1 atom stereocenters. The Balaban J connectivity index is 1.49. The Bertz CT molecular complexity index is 1920. The summed E-state index contributed by atoms with van der Waals surface area (Å²) in [5.41, 5.74) is 3.43. The number of amides is 1. The lowest BCUT2D eigenvalue weighted by Gasteiger charge is -2.18.